The molecule has 1 saturated carbocycles. The molecule has 8 nitrogen and oxygen atoms in total. The molecule has 0 bridgehead atoms. The van der Waals surface area contributed by atoms with E-state index in [1.54, 1.807) is 13.2 Å². The highest BCUT2D eigenvalue weighted by atomic mass is 32.1. The third-order valence-electron chi connectivity index (χ3n) is 2.45. The van der Waals surface area contributed by atoms with Gasteiger partial charge in [0.05, 0.1) is 6.20 Å². The van der Waals surface area contributed by atoms with Crippen molar-refractivity contribution in [1.29, 1.82) is 0 Å². The van der Waals surface area contributed by atoms with Crippen molar-refractivity contribution in [3.8, 4) is 0 Å². The summed E-state index contributed by atoms with van der Waals surface area (Å²) in [6.45, 7) is 0. The number of amides is 2. The van der Waals surface area contributed by atoms with Gasteiger partial charge in [-0.1, -0.05) is 5.21 Å². The van der Waals surface area contributed by atoms with E-state index in [1.807, 2.05) is 0 Å². The van der Waals surface area contributed by atoms with Crippen LogP contribution >= 0.6 is 11.5 Å². The number of hydrogen-bond acceptors (Lipinski definition) is 6. The van der Waals surface area contributed by atoms with E-state index in [1.165, 1.54) is 16.2 Å². The van der Waals surface area contributed by atoms with E-state index in [0.29, 0.717) is 16.9 Å². The van der Waals surface area contributed by atoms with E-state index in [-0.39, 0.29) is 0 Å². The molecule has 0 saturated heterocycles. The number of rotatable bonds is 3. The number of nitrogens with zero attached hydrogens (tertiary/aromatic N) is 5. The van der Waals surface area contributed by atoms with Gasteiger partial charge in [0.25, 0.3) is 0 Å². The largest absolute Gasteiger partial charge is 0.326 e. The molecule has 1 aliphatic rings. The first-order valence-corrected chi connectivity index (χ1v) is 6.26. The van der Waals surface area contributed by atoms with Gasteiger partial charge >= 0.3 is 6.03 Å². The van der Waals surface area contributed by atoms with E-state index < -0.39 is 6.03 Å². The van der Waals surface area contributed by atoms with Gasteiger partial charge in [-0.15, -0.1) is 5.10 Å². The third-order valence-corrected chi connectivity index (χ3v) is 3.09. The van der Waals surface area contributed by atoms with Crippen LogP contribution in [-0.2, 0) is 7.05 Å². The van der Waals surface area contributed by atoms with Gasteiger partial charge < -0.3 is 0 Å². The Labute approximate surface area is 107 Å². The molecular formula is C9H11N7OS. The molecule has 0 unspecified atom stereocenters. The molecule has 2 aromatic rings. The predicted molar refractivity (Wildman–Crippen MR) is 65.5 cm³/mol. The maximum Gasteiger partial charge on any atom is 0.326 e. The fourth-order valence-corrected chi connectivity index (χ4v) is 2.08. The molecule has 0 aromatic carbocycles. The quantitative estimate of drug-likeness (QED) is 0.868. The molecule has 0 radical (unpaired) electrons. The first-order valence-electron chi connectivity index (χ1n) is 5.48. The summed E-state index contributed by atoms with van der Waals surface area (Å²) in [4.78, 5) is 15.9. The topological polar surface area (TPSA) is 97.6 Å². The maximum absolute atomic E-state index is 11.6. The number of carbonyl (C=O) groups excluding carboxylic acids is 1. The van der Waals surface area contributed by atoms with Crippen LogP contribution < -0.4 is 10.6 Å². The number of nitrogens with one attached hydrogen (secondary N) is 2. The highest BCUT2D eigenvalue weighted by Gasteiger charge is 2.28. The van der Waals surface area contributed by atoms with Gasteiger partial charge in [-0.2, -0.15) is 4.37 Å². The van der Waals surface area contributed by atoms with Gasteiger partial charge in [0.15, 0.2) is 5.82 Å². The van der Waals surface area contributed by atoms with E-state index in [2.05, 4.69) is 30.3 Å². The Morgan fingerprint density at radius 3 is 3.00 bits per heavy atom. The Kier molecular flexibility index (Phi) is 2.67. The second kappa shape index (κ2) is 4.33. The van der Waals surface area contributed by atoms with Crippen molar-refractivity contribution < 1.29 is 4.79 Å². The van der Waals surface area contributed by atoms with Crippen LogP contribution in [0, 0.1) is 0 Å². The number of anilines is 2. The summed E-state index contributed by atoms with van der Waals surface area (Å²) < 4.78 is 5.70. The molecule has 1 fully saturated rings. The lowest BCUT2D eigenvalue weighted by Crippen LogP contribution is -2.19. The molecule has 1 aliphatic carbocycles. The third kappa shape index (κ3) is 2.45. The lowest BCUT2D eigenvalue weighted by molar-refractivity contribution is 0.262. The standard InChI is InChI=1S/C9H11N7OS/c1-16-4-6(13-15-16)10-8(17)12-9-11-7(14-18-9)5-2-3-5/h4-5H,2-3H2,1H3,(H2,10,11,12,14,17). The van der Waals surface area contributed by atoms with Crippen LogP contribution in [0.2, 0.25) is 0 Å². The summed E-state index contributed by atoms with van der Waals surface area (Å²) in [5, 5.41) is 13.1. The van der Waals surface area contributed by atoms with Crippen molar-refractivity contribution in [3.63, 3.8) is 0 Å². The van der Waals surface area contributed by atoms with Crippen LogP contribution in [0.5, 0.6) is 0 Å². The summed E-state index contributed by atoms with van der Waals surface area (Å²) in [7, 11) is 1.72. The van der Waals surface area contributed by atoms with Crippen molar-refractivity contribution in [1.82, 2.24) is 24.4 Å². The van der Waals surface area contributed by atoms with Crippen molar-refractivity contribution >= 4 is 28.5 Å². The van der Waals surface area contributed by atoms with E-state index in [9.17, 15) is 4.79 Å². The van der Waals surface area contributed by atoms with Gasteiger partial charge in [0, 0.05) is 24.5 Å². The van der Waals surface area contributed by atoms with Gasteiger partial charge in [0.1, 0.15) is 5.82 Å². The molecular weight excluding hydrogens is 254 g/mol. The van der Waals surface area contributed by atoms with Crippen molar-refractivity contribution in [3.05, 3.63) is 12.0 Å². The Morgan fingerprint density at radius 2 is 2.33 bits per heavy atom. The molecule has 0 aliphatic heterocycles. The second-order valence-electron chi connectivity index (χ2n) is 4.09. The smallest absolute Gasteiger partial charge is 0.289 e. The van der Waals surface area contributed by atoms with Gasteiger partial charge in [-0.05, 0) is 12.8 Å². The minimum atomic E-state index is -0.394. The van der Waals surface area contributed by atoms with Crippen molar-refractivity contribution in [2.75, 3.05) is 10.6 Å². The first-order chi connectivity index (χ1) is 8.70. The zero-order valence-corrected chi connectivity index (χ0v) is 10.4. The second-order valence-corrected chi connectivity index (χ2v) is 4.84. The zero-order chi connectivity index (χ0) is 12.5. The molecule has 2 amide bonds. The molecule has 2 aromatic heterocycles. The van der Waals surface area contributed by atoms with E-state index in [4.69, 9.17) is 0 Å². The van der Waals surface area contributed by atoms with Gasteiger partial charge in [-0.3, -0.25) is 15.3 Å². The molecule has 2 N–H and O–H groups in total. The fraction of sp³-hybridized carbons (Fsp3) is 0.444. The zero-order valence-electron chi connectivity index (χ0n) is 9.62. The number of urea groups is 1. The molecule has 9 heteroatoms. The summed E-state index contributed by atoms with van der Waals surface area (Å²) in [5.41, 5.74) is 0. The van der Waals surface area contributed by atoms with Crippen LogP contribution in [0.1, 0.15) is 24.6 Å². The highest BCUT2D eigenvalue weighted by Crippen LogP contribution is 2.39. The predicted octanol–water partition coefficient (Wildman–Crippen LogP) is 1.19. The van der Waals surface area contributed by atoms with E-state index >= 15 is 0 Å². The average Bonchev–Trinajstić information content (AvgIpc) is 2.95. The minimum Gasteiger partial charge on any atom is -0.289 e. The Balaban J connectivity index is 1.59. The number of aromatic nitrogens is 5. The maximum atomic E-state index is 11.6. The Bertz CT molecular complexity index is 573. The molecule has 0 spiro atoms. The first kappa shape index (κ1) is 11.1. The van der Waals surface area contributed by atoms with Crippen molar-refractivity contribution in [2.45, 2.75) is 18.8 Å². The fourth-order valence-electron chi connectivity index (χ4n) is 1.44. The summed E-state index contributed by atoms with van der Waals surface area (Å²) in [5.74, 6) is 1.71. The lowest BCUT2D eigenvalue weighted by Gasteiger charge is -2.00. The number of carbonyl (C=O) groups is 1. The normalized spacial score (nSPS) is 14.5. The van der Waals surface area contributed by atoms with Crippen LogP contribution in [0.15, 0.2) is 6.20 Å². The van der Waals surface area contributed by atoms with Crippen molar-refractivity contribution in [2.24, 2.45) is 7.05 Å². The minimum absolute atomic E-state index is 0.391. The van der Waals surface area contributed by atoms with Crippen LogP contribution in [0.25, 0.3) is 0 Å². The lowest BCUT2D eigenvalue weighted by atomic mass is 10.4. The number of aryl methyl sites for hydroxylation is 1. The Morgan fingerprint density at radius 1 is 1.50 bits per heavy atom. The van der Waals surface area contributed by atoms with Gasteiger partial charge in [0.2, 0.25) is 5.13 Å². The summed E-state index contributed by atoms with van der Waals surface area (Å²) >= 11 is 1.19. The van der Waals surface area contributed by atoms with Gasteiger partial charge in [-0.25, -0.2) is 9.78 Å². The molecule has 0 atom stereocenters. The monoisotopic (exact) mass is 265 g/mol. The van der Waals surface area contributed by atoms with Crippen LogP contribution in [0.3, 0.4) is 0 Å². The molecule has 94 valence electrons. The van der Waals surface area contributed by atoms with Crippen LogP contribution in [-0.4, -0.2) is 30.4 Å². The molecule has 3 rings (SSSR count). The SMILES string of the molecule is Cn1cc(NC(=O)Nc2nc(C3CC3)ns2)nn1. The van der Waals surface area contributed by atoms with E-state index in [0.717, 1.165) is 18.7 Å². The summed E-state index contributed by atoms with van der Waals surface area (Å²) in [6.07, 6.45) is 3.89. The molecule has 18 heavy (non-hydrogen) atoms. The molecule has 2 heterocycles. The number of hydrogen-bond donors (Lipinski definition) is 2. The summed E-state index contributed by atoms with van der Waals surface area (Å²) in [6, 6.07) is -0.394. The average molecular weight is 265 g/mol. The van der Waals surface area contributed by atoms with Crippen LogP contribution in [0.4, 0.5) is 15.7 Å². The highest BCUT2D eigenvalue weighted by molar-refractivity contribution is 7.09. The Hall–Kier alpha value is -2.03.